The lowest BCUT2D eigenvalue weighted by Crippen LogP contribution is -2.10. The number of hydrogen-bond acceptors (Lipinski definition) is 4. The highest BCUT2D eigenvalue weighted by atomic mass is 32.9. The van der Waals surface area contributed by atoms with Gasteiger partial charge in [-0.3, -0.25) is 0 Å². The van der Waals surface area contributed by atoms with Crippen molar-refractivity contribution in [1.82, 2.24) is 0 Å². The van der Waals surface area contributed by atoms with Gasteiger partial charge in [0.25, 0.3) is 0 Å². The highest BCUT2D eigenvalue weighted by molar-refractivity contribution is 8.67. The standard InChI is InChI=1S/C13H29O2PS2/c1-11(2)8-14-16(17,15-9-12(3)4)18-10-13(5,6)7/h11-12H,8-10H2,1-7H3. The largest absolute Gasteiger partial charge is 0.321 e. The van der Waals surface area contributed by atoms with Crippen LogP contribution >= 0.6 is 17.1 Å². The number of hydrogen-bond donors (Lipinski definition) is 0. The second-order valence-corrected chi connectivity index (χ2v) is 13.0. The van der Waals surface area contributed by atoms with Gasteiger partial charge in [0.2, 0.25) is 5.69 Å². The minimum Gasteiger partial charge on any atom is -0.321 e. The van der Waals surface area contributed by atoms with Gasteiger partial charge < -0.3 is 9.05 Å². The fraction of sp³-hybridized carbons (Fsp3) is 1.00. The zero-order chi connectivity index (χ0) is 14.4. The molecule has 0 saturated carbocycles. The van der Waals surface area contributed by atoms with E-state index < -0.39 is 5.69 Å². The summed E-state index contributed by atoms with van der Waals surface area (Å²) < 4.78 is 11.8. The second-order valence-electron chi connectivity index (χ2n) is 6.66. The SMILES string of the molecule is CC(C)COP(=S)(OCC(C)C)SCC(C)(C)C. The van der Waals surface area contributed by atoms with Gasteiger partial charge in [0.15, 0.2) is 0 Å². The molecule has 0 aromatic heterocycles. The summed E-state index contributed by atoms with van der Waals surface area (Å²) in [6.45, 7) is 16.6. The summed E-state index contributed by atoms with van der Waals surface area (Å²) in [5, 5.41) is 0. The maximum atomic E-state index is 5.90. The van der Waals surface area contributed by atoms with Crippen molar-refractivity contribution in [2.75, 3.05) is 19.0 Å². The quantitative estimate of drug-likeness (QED) is 0.563. The molecule has 5 heteroatoms. The van der Waals surface area contributed by atoms with E-state index in [0.29, 0.717) is 25.0 Å². The third kappa shape index (κ3) is 10.8. The molecule has 0 aliphatic heterocycles. The van der Waals surface area contributed by atoms with E-state index in [-0.39, 0.29) is 5.41 Å². The van der Waals surface area contributed by atoms with Gasteiger partial charge in [0.05, 0.1) is 13.2 Å². The smallest absolute Gasteiger partial charge is 0.247 e. The normalized spacial score (nSPS) is 13.6. The minimum atomic E-state index is -2.17. The van der Waals surface area contributed by atoms with E-state index in [1.54, 1.807) is 11.4 Å². The van der Waals surface area contributed by atoms with Crippen LogP contribution < -0.4 is 0 Å². The van der Waals surface area contributed by atoms with Crippen molar-refractivity contribution in [2.45, 2.75) is 48.5 Å². The zero-order valence-electron chi connectivity index (χ0n) is 12.9. The first-order valence-corrected chi connectivity index (χ1v) is 10.8. The average molecular weight is 312 g/mol. The van der Waals surface area contributed by atoms with Crippen LogP contribution in [0.25, 0.3) is 0 Å². The molecule has 110 valence electrons. The van der Waals surface area contributed by atoms with Crippen molar-refractivity contribution in [2.24, 2.45) is 17.3 Å². The molecule has 0 bridgehead atoms. The predicted molar refractivity (Wildman–Crippen MR) is 87.8 cm³/mol. The Labute approximate surface area is 123 Å². The molecular formula is C13H29O2PS2. The molecular weight excluding hydrogens is 283 g/mol. The maximum Gasteiger partial charge on any atom is 0.247 e. The van der Waals surface area contributed by atoms with E-state index in [0.717, 1.165) is 5.75 Å². The number of rotatable bonds is 8. The van der Waals surface area contributed by atoms with E-state index in [9.17, 15) is 0 Å². The van der Waals surface area contributed by atoms with E-state index in [1.807, 2.05) is 0 Å². The fourth-order valence-corrected chi connectivity index (χ4v) is 5.88. The highest BCUT2D eigenvalue weighted by Crippen LogP contribution is 2.62. The van der Waals surface area contributed by atoms with Crippen LogP contribution in [-0.4, -0.2) is 19.0 Å². The molecule has 0 atom stereocenters. The summed E-state index contributed by atoms with van der Waals surface area (Å²) in [6, 6.07) is 0. The summed E-state index contributed by atoms with van der Waals surface area (Å²) in [7, 11) is 0. The molecule has 0 N–H and O–H groups in total. The third-order valence-electron chi connectivity index (χ3n) is 1.79. The van der Waals surface area contributed by atoms with Crippen LogP contribution in [-0.2, 0) is 20.9 Å². The van der Waals surface area contributed by atoms with Crippen molar-refractivity contribution >= 4 is 28.9 Å². The first-order valence-electron chi connectivity index (χ1n) is 6.58. The van der Waals surface area contributed by atoms with Crippen molar-refractivity contribution in [3.63, 3.8) is 0 Å². The molecule has 18 heavy (non-hydrogen) atoms. The predicted octanol–water partition coefficient (Wildman–Crippen LogP) is 5.34. The molecule has 0 fully saturated rings. The Morgan fingerprint density at radius 2 is 1.39 bits per heavy atom. The van der Waals surface area contributed by atoms with Crippen LogP contribution in [0.3, 0.4) is 0 Å². The topological polar surface area (TPSA) is 18.5 Å². The van der Waals surface area contributed by atoms with Gasteiger partial charge in [-0.2, -0.15) is 0 Å². The lowest BCUT2D eigenvalue weighted by atomic mass is 10.0. The van der Waals surface area contributed by atoms with Gasteiger partial charge in [-0.15, -0.1) is 0 Å². The Morgan fingerprint density at radius 3 is 1.67 bits per heavy atom. The van der Waals surface area contributed by atoms with Gasteiger partial charge in [-0.1, -0.05) is 59.8 Å². The van der Waals surface area contributed by atoms with Gasteiger partial charge >= 0.3 is 0 Å². The average Bonchev–Trinajstić information content (AvgIpc) is 2.20. The molecule has 0 aromatic carbocycles. The van der Waals surface area contributed by atoms with Crippen molar-refractivity contribution < 1.29 is 9.05 Å². The molecule has 0 aliphatic carbocycles. The van der Waals surface area contributed by atoms with Crippen molar-refractivity contribution in [3.05, 3.63) is 0 Å². The van der Waals surface area contributed by atoms with Crippen LogP contribution in [0.1, 0.15) is 48.5 Å². The molecule has 0 heterocycles. The van der Waals surface area contributed by atoms with Gasteiger partial charge in [0, 0.05) is 5.75 Å². The van der Waals surface area contributed by atoms with Crippen LogP contribution in [0.4, 0.5) is 0 Å². The molecule has 0 unspecified atom stereocenters. The summed E-state index contributed by atoms with van der Waals surface area (Å²) in [5.74, 6) is 1.95. The third-order valence-corrected chi connectivity index (χ3v) is 7.58. The molecule has 0 spiro atoms. The first-order chi connectivity index (χ1) is 8.04. The highest BCUT2D eigenvalue weighted by Gasteiger charge is 2.24. The Bertz CT molecular complexity index is 257. The fourth-order valence-electron chi connectivity index (χ4n) is 0.865. The molecule has 2 nitrogen and oxygen atoms in total. The molecule has 0 rings (SSSR count). The van der Waals surface area contributed by atoms with Crippen LogP contribution in [0.5, 0.6) is 0 Å². The first kappa shape index (κ1) is 18.9. The lowest BCUT2D eigenvalue weighted by Gasteiger charge is -2.26. The van der Waals surface area contributed by atoms with Crippen molar-refractivity contribution in [3.8, 4) is 0 Å². The van der Waals surface area contributed by atoms with Crippen LogP contribution in [0.2, 0.25) is 0 Å². The second kappa shape index (κ2) is 8.26. The Morgan fingerprint density at radius 1 is 1.00 bits per heavy atom. The van der Waals surface area contributed by atoms with E-state index in [1.165, 1.54) is 0 Å². The van der Waals surface area contributed by atoms with Crippen molar-refractivity contribution in [1.29, 1.82) is 0 Å². The Balaban J connectivity index is 4.44. The maximum absolute atomic E-state index is 5.90. The summed E-state index contributed by atoms with van der Waals surface area (Å²) in [5.41, 5.74) is -1.93. The van der Waals surface area contributed by atoms with Gasteiger partial charge in [0.1, 0.15) is 0 Å². The molecule has 0 amide bonds. The van der Waals surface area contributed by atoms with E-state index in [4.69, 9.17) is 20.9 Å². The molecule has 0 saturated heterocycles. The van der Waals surface area contributed by atoms with Crippen LogP contribution in [0, 0.1) is 17.3 Å². The van der Waals surface area contributed by atoms with E-state index >= 15 is 0 Å². The Kier molecular flexibility index (Phi) is 8.68. The van der Waals surface area contributed by atoms with Gasteiger partial charge in [-0.25, -0.2) is 0 Å². The summed E-state index contributed by atoms with van der Waals surface area (Å²) in [6.07, 6.45) is 0. The molecule has 0 aromatic rings. The summed E-state index contributed by atoms with van der Waals surface area (Å²) >= 11 is 7.33. The molecule has 0 aliphatic rings. The van der Waals surface area contributed by atoms with E-state index in [2.05, 4.69) is 48.5 Å². The zero-order valence-corrected chi connectivity index (χ0v) is 15.4. The van der Waals surface area contributed by atoms with Crippen LogP contribution in [0.15, 0.2) is 0 Å². The summed E-state index contributed by atoms with van der Waals surface area (Å²) in [4.78, 5) is 0. The minimum absolute atomic E-state index is 0.247. The monoisotopic (exact) mass is 312 g/mol. The Hall–Kier alpha value is 0.920. The molecule has 0 radical (unpaired) electrons. The lowest BCUT2D eigenvalue weighted by molar-refractivity contribution is 0.218. The van der Waals surface area contributed by atoms with Gasteiger partial charge in [-0.05, 0) is 29.1 Å².